The topological polar surface area (TPSA) is 70.7 Å². The fourth-order valence-electron chi connectivity index (χ4n) is 4.47. The van der Waals surface area contributed by atoms with E-state index in [0.717, 1.165) is 42.4 Å². The summed E-state index contributed by atoms with van der Waals surface area (Å²) in [5, 5.41) is 0.916. The van der Waals surface area contributed by atoms with Crippen molar-refractivity contribution < 1.29 is 18.8 Å². The monoisotopic (exact) mass is 477 g/mol. The molecule has 0 bridgehead atoms. The molecule has 0 aliphatic heterocycles. The summed E-state index contributed by atoms with van der Waals surface area (Å²) < 4.78 is 18.2. The van der Waals surface area contributed by atoms with E-state index in [1.807, 2.05) is 30.3 Å². The Balaban J connectivity index is 1.33. The normalized spacial score (nSPS) is 13.9. The summed E-state index contributed by atoms with van der Waals surface area (Å²) in [4.78, 5) is 24.4. The van der Waals surface area contributed by atoms with Gasteiger partial charge in [-0.25, -0.2) is 4.79 Å². The summed E-state index contributed by atoms with van der Waals surface area (Å²) in [5.41, 5.74) is 3.61. The summed E-state index contributed by atoms with van der Waals surface area (Å²) in [6.45, 7) is 0.348. The average molecular weight is 478 g/mol. The zero-order valence-electron chi connectivity index (χ0n) is 18.8. The van der Waals surface area contributed by atoms with Crippen LogP contribution in [0.5, 0.6) is 5.75 Å². The highest BCUT2D eigenvalue weighted by atomic mass is 35.5. The Morgan fingerprint density at radius 2 is 1.85 bits per heavy atom. The number of benzene rings is 3. The van der Waals surface area contributed by atoms with Crippen LogP contribution in [-0.4, -0.2) is 17.8 Å². The first-order valence-electron chi connectivity index (χ1n) is 11.3. The Labute approximate surface area is 201 Å². The van der Waals surface area contributed by atoms with Crippen LogP contribution < -0.4 is 10.3 Å². The quantitative estimate of drug-likeness (QED) is 0.301. The lowest BCUT2D eigenvalue weighted by molar-refractivity contribution is 0.0601. The van der Waals surface area contributed by atoms with E-state index in [1.54, 1.807) is 30.3 Å². The van der Waals surface area contributed by atoms with Crippen molar-refractivity contribution >= 4 is 28.5 Å². The molecule has 1 aliphatic rings. The number of carbonyl (C=O) groups is 1. The van der Waals surface area contributed by atoms with Crippen molar-refractivity contribution in [1.29, 1.82) is 0 Å². The lowest BCUT2D eigenvalue weighted by Gasteiger charge is -2.09. The first kappa shape index (κ1) is 22.3. The Kier molecular flexibility index (Phi) is 6.16. The van der Waals surface area contributed by atoms with Crippen LogP contribution in [0.1, 0.15) is 47.6 Å². The van der Waals surface area contributed by atoms with E-state index >= 15 is 0 Å². The Morgan fingerprint density at radius 3 is 2.62 bits per heavy atom. The summed E-state index contributed by atoms with van der Waals surface area (Å²) in [6.07, 6.45) is 4.22. The highest BCUT2D eigenvalue weighted by molar-refractivity contribution is 6.33. The first-order chi connectivity index (χ1) is 16.5. The molecule has 6 nitrogen and oxygen atoms in total. The molecule has 3 aromatic carbocycles. The second-order valence-corrected chi connectivity index (χ2v) is 8.90. The molecular weight excluding hydrogens is 454 g/mol. The molecular formula is C27H24ClNO5. The van der Waals surface area contributed by atoms with Gasteiger partial charge >= 0.3 is 5.97 Å². The molecule has 0 unspecified atom stereocenters. The van der Waals surface area contributed by atoms with Gasteiger partial charge in [-0.05, 0) is 59.9 Å². The third kappa shape index (κ3) is 4.33. The molecule has 0 N–H and O–H groups in total. The highest BCUT2D eigenvalue weighted by Crippen LogP contribution is 2.31. The molecule has 0 atom stereocenters. The van der Waals surface area contributed by atoms with Crippen LogP contribution in [0.4, 0.5) is 0 Å². The number of carbonyl (C=O) groups excluding carboxylic acids is 1. The van der Waals surface area contributed by atoms with E-state index in [0.29, 0.717) is 33.9 Å². The molecule has 5 rings (SSSR count). The maximum absolute atomic E-state index is 12.7. The van der Waals surface area contributed by atoms with Crippen molar-refractivity contribution in [2.75, 3.05) is 7.11 Å². The molecule has 34 heavy (non-hydrogen) atoms. The molecule has 1 aliphatic carbocycles. The smallest absolute Gasteiger partial charge is 0.339 e. The van der Waals surface area contributed by atoms with Crippen LogP contribution in [0, 0.1) is 0 Å². The third-order valence-corrected chi connectivity index (χ3v) is 6.59. The van der Waals surface area contributed by atoms with E-state index in [4.69, 9.17) is 25.6 Å². The van der Waals surface area contributed by atoms with E-state index in [9.17, 15) is 9.59 Å². The molecule has 0 saturated heterocycles. The van der Waals surface area contributed by atoms with Crippen LogP contribution in [0.2, 0.25) is 5.02 Å². The van der Waals surface area contributed by atoms with Crippen LogP contribution in [0.15, 0.2) is 70.0 Å². The maximum Gasteiger partial charge on any atom is 0.339 e. The average Bonchev–Trinajstić information content (AvgIpc) is 3.50. The van der Waals surface area contributed by atoms with Crippen molar-refractivity contribution in [2.24, 2.45) is 0 Å². The SMILES string of the molecule is COC(=O)c1ccc(-c2cccc(COc3ccc4c(=O)n(C5CCCC5)oc4c3)c2)cc1Cl. The van der Waals surface area contributed by atoms with Crippen molar-refractivity contribution in [3.63, 3.8) is 0 Å². The first-order valence-corrected chi connectivity index (χ1v) is 11.7. The zero-order chi connectivity index (χ0) is 23.7. The number of fused-ring (bicyclic) bond motifs is 1. The predicted molar refractivity (Wildman–Crippen MR) is 131 cm³/mol. The summed E-state index contributed by atoms with van der Waals surface area (Å²) in [6, 6.07) is 18.6. The molecule has 1 fully saturated rings. The van der Waals surface area contributed by atoms with Gasteiger partial charge in [0.2, 0.25) is 0 Å². The summed E-state index contributed by atoms with van der Waals surface area (Å²) >= 11 is 6.28. The number of hydrogen-bond donors (Lipinski definition) is 0. The minimum absolute atomic E-state index is 0.0713. The van der Waals surface area contributed by atoms with Crippen molar-refractivity contribution in [3.8, 4) is 16.9 Å². The fraction of sp³-hybridized carbons (Fsp3) is 0.259. The Hall–Kier alpha value is -3.51. The number of esters is 1. The van der Waals surface area contributed by atoms with Gasteiger partial charge in [0, 0.05) is 6.07 Å². The second kappa shape index (κ2) is 9.39. The molecule has 174 valence electrons. The van der Waals surface area contributed by atoms with Crippen LogP contribution in [0.3, 0.4) is 0 Å². The van der Waals surface area contributed by atoms with Crippen molar-refractivity contribution in [1.82, 2.24) is 4.74 Å². The van der Waals surface area contributed by atoms with Crippen molar-refractivity contribution in [2.45, 2.75) is 38.3 Å². The summed E-state index contributed by atoms with van der Waals surface area (Å²) in [7, 11) is 1.33. The molecule has 1 saturated carbocycles. The van der Waals surface area contributed by atoms with E-state index in [-0.39, 0.29) is 11.6 Å². The number of hydrogen-bond acceptors (Lipinski definition) is 5. The molecule has 1 heterocycles. The zero-order valence-corrected chi connectivity index (χ0v) is 19.5. The van der Waals surface area contributed by atoms with Gasteiger partial charge < -0.3 is 14.0 Å². The van der Waals surface area contributed by atoms with E-state index in [2.05, 4.69) is 0 Å². The number of rotatable bonds is 6. The summed E-state index contributed by atoms with van der Waals surface area (Å²) in [5.74, 6) is 0.167. The van der Waals surface area contributed by atoms with Crippen LogP contribution >= 0.6 is 11.6 Å². The lowest BCUT2D eigenvalue weighted by Crippen LogP contribution is -2.18. The van der Waals surface area contributed by atoms with Gasteiger partial charge in [0.15, 0.2) is 5.58 Å². The predicted octanol–water partition coefficient (Wildman–Crippen LogP) is 6.40. The van der Waals surface area contributed by atoms with Gasteiger partial charge in [0.25, 0.3) is 5.56 Å². The highest BCUT2D eigenvalue weighted by Gasteiger charge is 2.22. The molecule has 0 radical (unpaired) electrons. The minimum atomic E-state index is -0.468. The molecule has 0 spiro atoms. The minimum Gasteiger partial charge on any atom is -0.489 e. The maximum atomic E-state index is 12.7. The number of methoxy groups -OCH3 is 1. The number of halogens is 1. The number of aromatic nitrogens is 1. The van der Waals surface area contributed by atoms with Crippen LogP contribution in [-0.2, 0) is 11.3 Å². The molecule has 7 heteroatoms. The standard InChI is InChI=1S/C27H24ClNO5/c1-32-27(31)22-11-9-19(14-24(22)28)18-6-4-5-17(13-18)16-33-21-10-12-23-25(15-21)34-29(26(23)30)20-7-2-3-8-20/h4-6,9-15,20H,2-3,7-8,16H2,1H3. The molecule has 4 aromatic rings. The molecule has 0 amide bonds. The van der Waals surface area contributed by atoms with Gasteiger partial charge in [-0.2, -0.15) is 4.74 Å². The Bertz CT molecular complexity index is 1410. The molecule has 1 aromatic heterocycles. The van der Waals surface area contributed by atoms with Crippen LogP contribution in [0.25, 0.3) is 22.1 Å². The van der Waals surface area contributed by atoms with Gasteiger partial charge in [-0.15, -0.1) is 0 Å². The lowest BCUT2D eigenvalue weighted by atomic mass is 10.0. The van der Waals surface area contributed by atoms with E-state index < -0.39 is 5.97 Å². The third-order valence-electron chi connectivity index (χ3n) is 6.28. The second-order valence-electron chi connectivity index (χ2n) is 8.49. The van der Waals surface area contributed by atoms with Crippen molar-refractivity contribution in [3.05, 3.63) is 87.2 Å². The fourth-order valence-corrected chi connectivity index (χ4v) is 4.73. The Morgan fingerprint density at radius 1 is 1.06 bits per heavy atom. The van der Waals surface area contributed by atoms with Gasteiger partial charge in [-0.1, -0.05) is 48.7 Å². The van der Waals surface area contributed by atoms with E-state index in [1.165, 1.54) is 11.8 Å². The number of nitrogens with zero attached hydrogens (tertiary/aromatic N) is 1. The van der Waals surface area contributed by atoms with Gasteiger partial charge in [0.1, 0.15) is 12.4 Å². The van der Waals surface area contributed by atoms with Gasteiger partial charge in [0.05, 0.1) is 29.1 Å². The van der Waals surface area contributed by atoms with Gasteiger partial charge in [-0.3, -0.25) is 4.79 Å². The number of ether oxygens (including phenoxy) is 2. The largest absolute Gasteiger partial charge is 0.489 e.